The van der Waals surface area contributed by atoms with E-state index in [1.807, 2.05) is 36.4 Å². The summed E-state index contributed by atoms with van der Waals surface area (Å²) < 4.78 is 27.4. The van der Waals surface area contributed by atoms with Crippen LogP contribution in [0.15, 0.2) is 59.5 Å². The van der Waals surface area contributed by atoms with Crippen molar-refractivity contribution in [3.8, 4) is 11.3 Å². The molecule has 1 aromatic heterocycles. The third kappa shape index (κ3) is 5.14. The molecule has 0 aliphatic heterocycles. The predicted molar refractivity (Wildman–Crippen MR) is 118 cm³/mol. The topological polar surface area (TPSA) is 95.2 Å². The summed E-state index contributed by atoms with van der Waals surface area (Å²) in [5, 5.41) is 9.99. The van der Waals surface area contributed by atoms with E-state index in [0.29, 0.717) is 30.6 Å². The minimum atomic E-state index is -3.66. The van der Waals surface area contributed by atoms with Crippen LogP contribution in [-0.2, 0) is 21.2 Å². The first kappa shape index (κ1) is 21.7. The van der Waals surface area contributed by atoms with Crippen LogP contribution in [-0.4, -0.2) is 42.4 Å². The van der Waals surface area contributed by atoms with Crippen molar-refractivity contribution < 1.29 is 13.2 Å². The average molecular weight is 427 g/mol. The number of nitrogens with zero attached hydrogens (tertiary/aromatic N) is 2. The van der Waals surface area contributed by atoms with Crippen molar-refractivity contribution in [2.45, 2.75) is 31.6 Å². The number of rotatable bonds is 8. The number of amides is 1. The van der Waals surface area contributed by atoms with Gasteiger partial charge in [0, 0.05) is 37.5 Å². The number of aromatic nitrogens is 2. The van der Waals surface area contributed by atoms with E-state index < -0.39 is 10.0 Å². The van der Waals surface area contributed by atoms with E-state index in [1.54, 1.807) is 26.1 Å². The van der Waals surface area contributed by atoms with E-state index in [2.05, 4.69) is 15.5 Å². The minimum absolute atomic E-state index is 0.198. The molecule has 0 aliphatic carbocycles. The van der Waals surface area contributed by atoms with Gasteiger partial charge in [-0.2, -0.15) is 5.10 Å². The summed E-state index contributed by atoms with van der Waals surface area (Å²) in [6, 6.07) is 16.8. The van der Waals surface area contributed by atoms with Crippen LogP contribution in [0.25, 0.3) is 11.3 Å². The van der Waals surface area contributed by atoms with Crippen LogP contribution < -0.4 is 5.32 Å². The maximum Gasteiger partial charge on any atom is 0.243 e. The maximum absolute atomic E-state index is 13.0. The van der Waals surface area contributed by atoms with Gasteiger partial charge in [0.25, 0.3) is 0 Å². The number of carbonyl (C=O) groups excluding carboxylic acids is 1. The Balaban J connectivity index is 1.64. The summed E-state index contributed by atoms with van der Waals surface area (Å²) in [7, 11) is -2.09. The van der Waals surface area contributed by atoms with E-state index >= 15 is 0 Å². The summed E-state index contributed by atoms with van der Waals surface area (Å²) >= 11 is 0. The number of hydrogen-bond donors (Lipinski definition) is 2. The molecule has 30 heavy (non-hydrogen) atoms. The zero-order valence-corrected chi connectivity index (χ0v) is 18.2. The molecule has 0 atom stereocenters. The molecule has 7 nitrogen and oxygen atoms in total. The van der Waals surface area contributed by atoms with Gasteiger partial charge in [-0.3, -0.25) is 9.89 Å². The second-order valence-electron chi connectivity index (χ2n) is 7.24. The fourth-order valence-corrected chi connectivity index (χ4v) is 4.64. The molecule has 1 heterocycles. The second-order valence-corrected chi connectivity index (χ2v) is 9.25. The van der Waals surface area contributed by atoms with Crippen molar-refractivity contribution >= 4 is 21.6 Å². The monoisotopic (exact) mass is 426 g/mol. The van der Waals surface area contributed by atoms with E-state index in [4.69, 9.17) is 0 Å². The summed E-state index contributed by atoms with van der Waals surface area (Å²) in [5.41, 5.74) is 3.97. The Hall–Kier alpha value is -2.97. The predicted octanol–water partition coefficient (Wildman–Crippen LogP) is 3.60. The summed E-state index contributed by atoms with van der Waals surface area (Å²) in [4.78, 5) is 11.5. The van der Waals surface area contributed by atoms with Crippen LogP contribution in [0.1, 0.15) is 24.6 Å². The molecule has 158 valence electrons. The van der Waals surface area contributed by atoms with Gasteiger partial charge in [0.1, 0.15) is 0 Å². The third-order valence-corrected chi connectivity index (χ3v) is 6.82. The van der Waals surface area contributed by atoms with E-state index in [0.717, 1.165) is 17.0 Å². The lowest BCUT2D eigenvalue weighted by molar-refractivity contribution is -0.114. The zero-order chi connectivity index (χ0) is 21.7. The fourth-order valence-electron chi connectivity index (χ4n) is 3.19. The smallest absolute Gasteiger partial charge is 0.243 e. The SMILES string of the molecule is CC(=O)Nc1ccc(C)c(S(=O)(=O)N(C)CCCc2cc(-c3ccccc3)n[nH]2)c1. The standard InChI is InChI=1S/C22H26N4O3S/c1-16-11-12-19(23-17(2)27)15-22(16)30(28,29)26(3)13-7-10-20-14-21(25-24-20)18-8-5-4-6-9-18/h4-6,8-9,11-12,14-15H,7,10,13H2,1-3H3,(H,23,27)(H,24,25). The second kappa shape index (κ2) is 9.23. The Bertz CT molecular complexity index is 1120. The van der Waals surface area contributed by atoms with Gasteiger partial charge in [-0.25, -0.2) is 12.7 Å². The molecule has 2 N–H and O–H groups in total. The highest BCUT2D eigenvalue weighted by Gasteiger charge is 2.23. The van der Waals surface area contributed by atoms with Crippen LogP contribution in [0, 0.1) is 6.92 Å². The molecule has 0 fully saturated rings. The number of H-pyrrole nitrogens is 1. The lowest BCUT2D eigenvalue weighted by Crippen LogP contribution is -2.29. The van der Waals surface area contributed by atoms with Gasteiger partial charge in [-0.15, -0.1) is 0 Å². The molecule has 2 aromatic carbocycles. The van der Waals surface area contributed by atoms with Crippen LogP contribution >= 0.6 is 0 Å². The molecule has 0 spiro atoms. The van der Waals surface area contributed by atoms with Gasteiger partial charge in [-0.05, 0) is 43.5 Å². The van der Waals surface area contributed by atoms with E-state index in [-0.39, 0.29) is 10.8 Å². The van der Waals surface area contributed by atoms with Crippen molar-refractivity contribution in [2.75, 3.05) is 18.9 Å². The number of benzene rings is 2. The molecular weight excluding hydrogens is 400 g/mol. The lowest BCUT2D eigenvalue weighted by atomic mass is 10.1. The normalized spacial score (nSPS) is 11.6. The summed E-state index contributed by atoms with van der Waals surface area (Å²) in [6.45, 7) is 3.50. The van der Waals surface area contributed by atoms with E-state index in [9.17, 15) is 13.2 Å². The van der Waals surface area contributed by atoms with Crippen LogP contribution in [0.2, 0.25) is 0 Å². The van der Waals surface area contributed by atoms with Crippen molar-refractivity contribution in [3.05, 3.63) is 65.9 Å². The fraction of sp³-hybridized carbons (Fsp3) is 0.273. The molecule has 0 unspecified atom stereocenters. The largest absolute Gasteiger partial charge is 0.326 e. The van der Waals surface area contributed by atoms with Gasteiger partial charge < -0.3 is 5.32 Å². The molecule has 8 heteroatoms. The Labute approximate surface area is 177 Å². The quantitative estimate of drug-likeness (QED) is 0.575. The Kier molecular flexibility index (Phi) is 6.69. The van der Waals surface area contributed by atoms with Gasteiger partial charge in [0.05, 0.1) is 10.6 Å². The number of aryl methyl sites for hydroxylation is 2. The molecule has 0 saturated carbocycles. The molecular formula is C22H26N4O3S. The first-order chi connectivity index (χ1) is 14.3. The van der Waals surface area contributed by atoms with E-state index in [1.165, 1.54) is 17.3 Å². The first-order valence-corrected chi connectivity index (χ1v) is 11.2. The Morgan fingerprint density at radius 2 is 1.87 bits per heavy atom. The molecule has 0 bridgehead atoms. The molecule has 3 aromatic rings. The molecule has 0 saturated heterocycles. The summed E-state index contributed by atoms with van der Waals surface area (Å²) in [5.74, 6) is -0.245. The number of carbonyl (C=O) groups is 1. The zero-order valence-electron chi connectivity index (χ0n) is 17.3. The van der Waals surface area contributed by atoms with Gasteiger partial charge in [0.2, 0.25) is 15.9 Å². The molecule has 1 amide bonds. The Morgan fingerprint density at radius 3 is 2.57 bits per heavy atom. The van der Waals surface area contributed by atoms with Crippen molar-refractivity contribution in [1.29, 1.82) is 0 Å². The number of sulfonamides is 1. The summed E-state index contributed by atoms with van der Waals surface area (Å²) in [6.07, 6.45) is 1.33. The first-order valence-electron chi connectivity index (χ1n) is 9.71. The molecule has 3 rings (SSSR count). The molecule has 0 aliphatic rings. The highest BCUT2D eigenvalue weighted by atomic mass is 32.2. The molecule has 0 radical (unpaired) electrons. The lowest BCUT2D eigenvalue weighted by Gasteiger charge is -2.19. The van der Waals surface area contributed by atoms with Crippen LogP contribution in [0.4, 0.5) is 5.69 Å². The maximum atomic E-state index is 13.0. The van der Waals surface area contributed by atoms with Gasteiger partial charge in [0.15, 0.2) is 0 Å². The minimum Gasteiger partial charge on any atom is -0.326 e. The van der Waals surface area contributed by atoms with Crippen LogP contribution in [0.3, 0.4) is 0 Å². The number of hydrogen-bond acceptors (Lipinski definition) is 4. The van der Waals surface area contributed by atoms with Crippen LogP contribution in [0.5, 0.6) is 0 Å². The highest BCUT2D eigenvalue weighted by Crippen LogP contribution is 2.23. The highest BCUT2D eigenvalue weighted by molar-refractivity contribution is 7.89. The third-order valence-electron chi connectivity index (χ3n) is 4.82. The van der Waals surface area contributed by atoms with Gasteiger partial charge >= 0.3 is 0 Å². The van der Waals surface area contributed by atoms with Crippen molar-refractivity contribution in [2.24, 2.45) is 0 Å². The van der Waals surface area contributed by atoms with Crippen molar-refractivity contribution in [3.63, 3.8) is 0 Å². The number of nitrogens with one attached hydrogen (secondary N) is 2. The number of aromatic amines is 1. The number of anilines is 1. The average Bonchev–Trinajstić information content (AvgIpc) is 3.18. The van der Waals surface area contributed by atoms with Gasteiger partial charge in [-0.1, -0.05) is 36.4 Å². The Morgan fingerprint density at radius 1 is 1.13 bits per heavy atom. The van der Waals surface area contributed by atoms with Crippen molar-refractivity contribution in [1.82, 2.24) is 14.5 Å².